The number of nitriles is 1. The number of para-hydroxylation sites is 1. The Balaban J connectivity index is 2.18. The lowest BCUT2D eigenvalue weighted by molar-refractivity contribution is -0.112. The molecule has 146 valence electrons. The molecule has 0 unspecified atom stereocenters. The number of nitrogens with zero attached hydrogens (tertiary/aromatic N) is 1. The van der Waals surface area contributed by atoms with E-state index in [2.05, 4.69) is 19.2 Å². The predicted octanol–water partition coefficient (Wildman–Crippen LogP) is 4.97. The molecule has 0 saturated carbocycles. The number of hydrogen-bond acceptors (Lipinski definition) is 4. The molecule has 28 heavy (non-hydrogen) atoms. The molecule has 1 amide bonds. The summed E-state index contributed by atoms with van der Waals surface area (Å²) in [6.45, 7) is 6.78. The molecule has 0 aliphatic heterocycles. The highest BCUT2D eigenvalue weighted by molar-refractivity contribution is 6.10. The van der Waals surface area contributed by atoms with Crippen molar-refractivity contribution in [3.05, 3.63) is 59.2 Å². The Bertz CT molecular complexity index is 895. The van der Waals surface area contributed by atoms with E-state index in [1.807, 2.05) is 31.2 Å². The molecule has 0 aromatic heterocycles. The maximum atomic E-state index is 12.5. The van der Waals surface area contributed by atoms with Gasteiger partial charge in [0.15, 0.2) is 11.5 Å². The minimum absolute atomic E-state index is 0.0128. The Labute approximate surface area is 166 Å². The van der Waals surface area contributed by atoms with Crippen LogP contribution in [0.2, 0.25) is 0 Å². The van der Waals surface area contributed by atoms with Gasteiger partial charge in [-0.3, -0.25) is 4.79 Å². The van der Waals surface area contributed by atoms with Gasteiger partial charge in [-0.25, -0.2) is 0 Å². The van der Waals surface area contributed by atoms with E-state index in [0.29, 0.717) is 35.3 Å². The first kappa shape index (κ1) is 21.0. The third-order valence-corrected chi connectivity index (χ3v) is 4.21. The second-order valence-corrected chi connectivity index (χ2v) is 6.88. The van der Waals surface area contributed by atoms with Gasteiger partial charge in [-0.15, -0.1) is 0 Å². The predicted molar refractivity (Wildman–Crippen MR) is 111 cm³/mol. The van der Waals surface area contributed by atoms with Gasteiger partial charge in [0.05, 0.1) is 13.7 Å². The first-order chi connectivity index (χ1) is 13.4. The molecule has 0 fully saturated rings. The number of benzene rings is 2. The third kappa shape index (κ3) is 5.88. The lowest BCUT2D eigenvalue weighted by atomic mass is 10.1. The smallest absolute Gasteiger partial charge is 0.266 e. The molecule has 0 aliphatic carbocycles. The van der Waals surface area contributed by atoms with Crippen LogP contribution in [-0.4, -0.2) is 19.6 Å². The van der Waals surface area contributed by atoms with Gasteiger partial charge in [-0.05, 0) is 54.7 Å². The molecule has 0 spiro atoms. The number of aryl methyl sites for hydroxylation is 1. The number of rotatable bonds is 8. The van der Waals surface area contributed by atoms with E-state index in [1.165, 1.54) is 6.08 Å². The topological polar surface area (TPSA) is 71.3 Å². The summed E-state index contributed by atoms with van der Waals surface area (Å²) in [4.78, 5) is 12.5. The van der Waals surface area contributed by atoms with Crippen LogP contribution in [0.15, 0.2) is 48.0 Å². The standard InChI is InChI=1S/C23H26N2O3/c1-16(2)11-12-28-21-10-9-18(14-22(21)27-4)13-19(15-24)23(26)25-20-8-6-5-7-17(20)3/h5-10,13-14,16H,11-12H2,1-4H3,(H,25,26)/b19-13+. The second kappa shape index (κ2) is 10.2. The first-order valence-corrected chi connectivity index (χ1v) is 9.24. The minimum Gasteiger partial charge on any atom is -0.493 e. The minimum atomic E-state index is -0.451. The maximum Gasteiger partial charge on any atom is 0.266 e. The molecule has 2 aromatic carbocycles. The van der Waals surface area contributed by atoms with Crippen LogP contribution in [0, 0.1) is 24.2 Å². The van der Waals surface area contributed by atoms with Crippen molar-refractivity contribution in [2.75, 3.05) is 19.0 Å². The highest BCUT2D eigenvalue weighted by atomic mass is 16.5. The van der Waals surface area contributed by atoms with Crippen molar-refractivity contribution in [3.63, 3.8) is 0 Å². The van der Waals surface area contributed by atoms with Crippen molar-refractivity contribution in [1.82, 2.24) is 0 Å². The van der Waals surface area contributed by atoms with E-state index < -0.39 is 5.91 Å². The number of nitrogens with one attached hydrogen (secondary N) is 1. The zero-order valence-electron chi connectivity index (χ0n) is 16.8. The molecular formula is C23H26N2O3. The molecule has 0 radical (unpaired) electrons. The lowest BCUT2D eigenvalue weighted by Crippen LogP contribution is -2.14. The highest BCUT2D eigenvalue weighted by Gasteiger charge is 2.12. The Morgan fingerprint density at radius 2 is 1.96 bits per heavy atom. The summed E-state index contributed by atoms with van der Waals surface area (Å²) >= 11 is 0. The number of hydrogen-bond donors (Lipinski definition) is 1. The van der Waals surface area contributed by atoms with Crippen molar-refractivity contribution in [2.45, 2.75) is 27.2 Å². The number of carbonyl (C=O) groups is 1. The Morgan fingerprint density at radius 1 is 1.21 bits per heavy atom. The fourth-order valence-corrected chi connectivity index (χ4v) is 2.52. The van der Waals surface area contributed by atoms with Crippen LogP contribution in [0.4, 0.5) is 5.69 Å². The van der Waals surface area contributed by atoms with Crippen LogP contribution in [0.3, 0.4) is 0 Å². The molecule has 0 atom stereocenters. The average molecular weight is 378 g/mol. The van der Waals surface area contributed by atoms with Gasteiger partial charge in [-0.1, -0.05) is 38.1 Å². The summed E-state index contributed by atoms with van der Waals surface area (Å²) < 4.78 is 11.2. The molecule has 0 saturated heterocycles. The zero-order valence-corrected chi connectivity index (χ0v) is 16.8. The Kier molecular flexibility index (Phi) is 7.65. The molecule has 5 heteroatoms. The van der Waals surface area contributed by atoms with Crippen LogP contribution in [0.1, 0.15) is 31.4 Å². The summed E-state index contributed by atoms with van der Waals surface area (Å²) in [5.74, 6) is 1.31. The molecule has 0 heterocycles. The highest BCUT2D eigenvalue weighted by Crippen LogP contribution is 2.29. The first-order valence-electron chi connectivity index (χ1n) is 9.24. The molecule has 1 N–H and O–H groups in total. The Hall–Kier alpha value is -3.26. The monoisotopic (exact) mass is 378 g/mol. The van der Waals surface area contributed by atoms with Crippen molar-refractivity contribution < 1.29 is 14.3 Å². The third-order valence-electron chi connectivity index (χ3n) is 4.21. The normalized spacial score (nSPS) is 11.1. The number of methoxy groups -OCH3 is 1. The van der Waals surface area contributed by atoms with Crippen molar-refractivity contribution in [3.8, 4) is 17.6 Å². The average Bonchev–Trinajstić information content (AvgIpc) is 2.68. The summed E-state index contributed by atoms with van der Waals surface area (Å²) in [6.07, 6.45) is 2.48. The van der Waals surface area contributed by atoms with Gasteiger partial charge < -0.3 is 14.8 Å². The summed E-state index contributed by atoms with van der Waals surface area (Å²) in [5.41, 5.74) is 2.31. The van der Waals surface area contributed by atoms with Gasteiger partial charge in [0.25, 0.3) is 5.91 Å². The summed E-state index contributed by atoms with van der Waals surface area (Å²) in [5, 5.41) is 12.2. The van der Waals surface area contributed by atoms with E-state index in [4.69, 9.17) is 9.47 Å². The summed E-state index contributed by atoms with van der Waals surface area (Å²) in [6, 6.07) is 14.7. The van der Waals surface area contributed by atoms with Crippen LogP contribution < -0.4 is 14.8 Å². The van der Waals surface area contributed by atoms with Crippen molar-refractivity contribution >= 4 is 17.7 Å². The van der Waals surface area contributed by atoms with Gasteiger partial charge in [0.2, 0.25) is 0 Å². The van der Waals surface area contributed by atoms with E-state index in [0.717, 1.165) is 12.0 Å². The van der Waals surface area contributed by atoms with E-state index in [9.17, 15) is 10.1 Å². The van der Waals surface area contributed by atoms with Gasteiger partial charge in [0, 0.05) is 5.69 Å². The van der Waals surface area contributed by atoms with Crippen molar-refractivity contribution in [1.29, 1.82) is 5.26 Å². The maximum absolute atomic E-state index is 12.5. The number of anilines is 1. The largest absolute Gasteiger partial charge is 0.493 e. The lowest BCUT2D eigenvalue weighted by Gasteiger charge is -2.12. The van der Waals surface area contributed by atoms with Crippen LogP contribution in [0.25, 0.3) is 6.08 Å². The Morgan fingerprint density at radius 3 is 2.61 bits per heavy atom. The van der Waals surface area contributed by atoms with Crippen LogP contribution in [-0.2, 0) is 4.79 Å². The fourth-order valence-electron chi connectivity index (χ4n) is 2.52. The molecular weight excluding hydrogens is 352 g/mol. The number of carbonyl (C=O) groups excluding carboxylic acids is 1. The van der Waals surface area contributed by atoms with Crippen molar-refractivity contribution in [2.24, 2.45) is 5.92 Å². The second-order valence-electron chi connectivity index (χ2n) is 6.88. The quantitative estimate of drug-likeness (QED) is 0.520. The fraction of sp³-hybridized carbons (Fsp3) is 0.304. The zero-order chi connectivity index (χ0) is 20.5. The van der Waals surface area contributed by atoms with Gasteiger partial charge in [0.1, 0.15) is 11.6 Å². The van der Waals surface area contributed by atoms with E-state index in [-0.39, 0.29) is 5.57 Å². The van der Waals surface area contributed by atoms with Gasteiger partial charge in [-0.2, -0.15) is 5.26 Å². The van der Waals surface area contributed by atoms with Crippen LogP contribution in [0.5, 0.6) is 11.5 Å². The van der Waals surface area contributed by atoms with Crippen LogP contribution >= 0.6 is 0 Å². The molecule has 2 rings (SSSR count). The molecule has 2 aromatic rings. The van der Waals surface area contributed by atoms with E-state index >= 15 is 0 Å². The van der Waals surface area contributed by atoms with Gasteiger partial charge >= 0.3 is 0 Å². The molecule has 0 aliphatic rings. The van der Waals surface area contributed by atoms with E-state index in [1.54, 1.807) is 31.4 Å². The number of amides is 1. The summed E-state index contributed by atoms with van der Waals surface area (Å²) in [7, 11) is 1.56. The SMILES string of the molecule is COc1cc(/C=C(\C#N)C(=O)Nc2ccccc2C)ccc1OCCC(C)C. The number of ether oxygens (including phenoxy) is 2. The molecule has 5 nitrogen and oxygen atoms in total. The molecule has 0 bridgehead atoms.